The van der Waals surface area contributed by atoms with E-state index in [0.717, 1.165) is 11.4 Å². The second-order valence-corrected chi connectivity index (χ2v) is 4.66. The van der Waals surface area contributed by atoms with E-state index >= 15 is 0 Å². The molecule has 0 aliphatic heterocycles. The molecule has 0 saturated heterocycles. The molecule has 80 valence electrons. The number of tetrazole rings is 1. The van der Waals surface area contributed by atoms with E-state index in [1.807, 2.05) is 13.1 Å². The molecular weight excluding hydrogens is 230 g/mol. The lowest BCUT2D eigenvalue weighted by Gasteiger charge is -2.07. The number of aryl methyl sites for hydroxylation is 1. The zero-order valence-electron chi connectivity index (χ0n) is 8.47. The Morgan fingerprint density at radius 1 is 1.67 bits per heavy atom. The fourth-order valence-corrected chi connectivity index (χ4v) is 2.39. The van der Waals surface area contributed by atoms with Gasteiger partial charge in [-0.3, -0.25) is 0 Å². The minimum atomic E-state index is 0.0674. The summed E-state index contributed by atoms with van der Waals surface area (Å²) in [7, 11) is 0. The van der Waals surface area contributed by atoms with Gasteiger partial charge in [-0.15, -0.1) is 11.3 Å². The number of nitrogens with zero attached hydrogens (tertiary/aromatic N) is 4. The molecule has 0 amide bonds. The van der Waals surface area contributed by atoms with Crippen molar-refractivity contribution in [2.75, 3.05) is 0 Å². The predicted octanol–water partition coefficient (Wildman–Crippen LogP) is 1.96. The van der Waals surface area contributed by atoms with Gasteiger partial charge in [-0.25, -0.2) is 9.67 Å². The van der Waals surface area contributed by atoms with Crippen molar-refractivity contribution in [1.82, 2.24) is 25.2 Å². The van der Waals surface area contributed by atoms with Crippen molar-refractivity contribution in [3.05, 3.63) is 20.9 Å². The fraction of sp³-hybridized carbons (Fsp3) is 0.500. The normalized spacial score (nSPS) is 12.9. The topological polar surface area (TPSA) is 59.4 Å². The molecule has 2 aromatic heterocycles. The maximum atomic E-state index is 5.03. The van der Waals surface area contributed by atoms with Gasteiger partial charge in [0.1, 0.15) is 11.0 Å². The molecule has 0 radical (unpaired) electrons. The number of aromatic nitrogens is 5. The molecule has 0 aliphatic rings. The quantitative estimate of drug-likeness (QED) is 0.835. The van der Waals surface area contributed by atoms with E-state index in [1.54, 1.807) is 16.0 Å². The van der Waals surface area contributed by atoms with Gasteiger partial charge in [0.25, 0.3) is 0 Å². The summed E-state index contributed by atoms with van der Waals surface area (Å²) >= 11 is 6.73. The van der Waals surface area contributed by atoms with Crippen LogP contribution in [0.4, 0.5) is 0 Å². The summed E-state index contributed by atoms with van der Waals surface area (Å²) in [4.78, 5) is 5.63. The molecule has 7 heteroatoms. The van der Waals surface area contributed by atoms with Gasteiger partial charge in [0.2, 0.25) is 4.77 Å². The van der Waals surface area contributed by atoms with Crippen LogP contribution in [0.25, 0.3) is 0 Å². The first-order chi connectivity index (χ1) is 7.22. The average Bonchev–Trinajstić information content (AvgIpc) is 2.84. The van der Waals surface area contributed by atoms with E-state index in [-0.39, 0.29) is 6.04 Å². The van der Waals surface area contributed by atoms with E-state index in [4.69, 9.17) is 12.2 Å². The Hall–Kier alpha value is -1.08. The molecule has 2 aromatic rings. The largest absolute Gasteiger partial charge is 0.247 e. The van der Waals surface area contributed by atoms with Crippen molar-refractivity contribution >= 4 is 23.6 Å². The SMILES string of the molecule is CCc1cnc(C(C)n2[nH]nnc2=S)s1. The number of rotatable bonds is 3. The van der Waals surface area contributed by atoms with E-state index in [2.05, 4.69) is 27.4 Å². The first-order valence-electron chi connectivity index (χ1n) is 4.66. The molecule has 1 atom stereocenters. The third-order valence-corrected chi connectivity index (χ3v) is 3.75. The molecule has 15 heavy (non-hydrogen) atoms. The summed E-state index contributed by atoms with van der Waals surface area (Å²) in [6, 6.07) is 0.0674. The first kappa shape index (κ1) is 10.4. The Labute approximate surface area is 96.2 Å². The van der Waals surface area contributed by atoms with Gasteiger partial charge >= 0.3 is 0 Å². The number of nitrogens with one attached hydrogen (secondary N) is 1. The molecule has 2 rings (SSSR count). The van der Waals surface area contributed by atoms with Crippen LogP contribution in [0.2, 0.25) is 0 Å². The number of aromatic amines is 1. The Kier molecular flexibility index (Phi) is 2.92. The second kappa shape index (κ2) is 4.19. The van der Waals surface area contributed by atoms with Crippen molar-refractivity contribution < 1.29 is 0 Å². The van der Waals surface area contributed by atoms with Crippen LogP contribution < -0.4 is 0 Å². The second-order valence-electron chi connectivity index (χ2n) is 3.15. The summed E-state index contributed by atoms with van der Waals surface area (Å²) in [6.45, 7) is 4.14. The Morgan fingerprint density at radius 2 is 2.47 bits per heavy atom. The minimum absolute atomic E-state index is 0.0674. The number of hydrogen-bond donors (Lipinski definition) is 1. The first-order valence-corrected chi connectivity index (χ1v) is 5.89. The average molecular weight is 241 g/mol. The zero-order chi connectivity index (χ0) is 10.8. The molecule has 1 unspecified atom stereocenters. The number of H-pyrrole nitrogens is 1. The Bertz CT molecular complexity index is 497. The molecule has 0 aromatic carbocycles. The molecule has 0 aliphatic carbocycles. The Balaban J connectivity index is 2.32. The van der Waals surface area contributed by atoms with Crippen LogP contribution in [0.3, 0.4) is 0 Å². The summed E-state index contributed by atoms with van der Waals surface area (Å²) in [6.07, 6.45) is 2.92. The summed E-state index contributed by atoms with van der Waals surface area (Å²) in [5.74, 6) is 0. The van der Waals surface area contributed by atoms with E-state index in [0.29, 0.717) is 4.77 Å². The maximum Gasteiger partial charge on any atom is 0.238 e. The summed E-state index contributed by atoms with van der Waals surface area (Å²) in [5.41, 5.74) is 0. The highest BCUT2D eigenvalue weighted by Crippen LogP contribution is 2.22. The standard InChI is InChI=1S/C8H11N5S2/c1-3-6-4-9-7(15-6)5(2)13-8(14)10-11-12-13/h4-5H,3H2,1-2H3,(H,10,12,14). The van der Waals surface area contributed by atoms with Crippen molar-refractivity contribution in [3.63, 3.8) is 0 Å². The fourth-order valence-electron chi connectivity index (χ4n) is 1.25. The molecule has 0 spiro atoms. The van der Waals surface area contributed by atoms with Gasteiger partial charge in [0.05, 0.1) is 0 Å². The van der Waals surface area contributed by atoms with Gasteiger partial charge in [-0.1, -0.05) is 17.2 Å². The molecule has 2 heterocycles. The highest BCUT2D eigenvalue weighted by atomic mass is 32.1. The lowest BCUT2D eigenvalue weighted by Crippen LogP contribution is -2.08. The molecule has 0 saturated carbocycles. The Morgan fingerprint density at radius 3 is 3.00 bits per heavy atom. The number of hydrogen-bond acceptors (Lipinski definition) is 5. The molecular formula is C8H11N5S2. The number of thiazole rings is 1. The third kappa shape index (κ3) is 1.98. The van der Waals surface area contributed by atoms with Crippen LogP contribution in [0.5, 0.6) is 0 Å². The van der Waals surface area contributed by atoms with Crippen LogP contribution in [-0.2, 0) is 6.42 Å². The highest BCUT2D eigenvalue weighted by molar-refractivity contribution is 7.71. The van der Waals surface area contributed by atoms with Crippen molar-refractivity contribution in [2.24, 2.45) is 0 Å². The monoisotopic (exact) mass is 241 g/mol. The molecule has 1 N–H and O–H groups in total. The van der Waals surface area contributed by atoms with E-state index in [1.165, 1.54) is 4.88 Å². The van der Waals surface area contributed by atoms with Crippen LogP contribution >= 0.6 is 23.6 Å². The van der Waals surface area contributed by atoms with Crippen LogP contribution in [0.15, 0.2) is 6.20 Å². The van der Waals surface area contributed by atoms with Gasteiger partial charge < -0.3 is 0 Å². The predicted molar refractivity (Wildman–Crippen MR) is 60.5 cm³/mol. The van der Waals surface area contributed by atoms with E-state index in [9.17, 15) is 0 Å². The van der Waals surface area contributed by atoms with Crippen LogP contribution in [0.1, 0.15) is 29.8 Å². The van der Waals surface area contributed by atoms with Gasteiger partial charge in [-0.2, -0.15) is 5.21 Å². The van der Waals surface area contributed by atoms with Crippen LogP contribution in [0, 0.1) is 4.77 Å². The van der Waals surface area contributed by atoms with E-state index < -0.39 is 0 Å². The molecule has 0 bridgehead atoms. The van der Waals surface area contributed by atoms with Crippen LogP contribution in [-0.4, -0.2) is 25.2 Å². The summed E-state index contributed by atoms with van der Waals surface area (Å²) < 4.78 is 2.18. The third-order valence-electron chi connectivity index (χ3n) is 2.16. The van der Waals surface area contributed by atoms with Crippen molar-refractivity contribution in [1.29, 1.82) is 0 Å². The zero-order valence-corrected chi connectivity index (χ0v) is 10.1. The summed E-state index contributed by atoms with van der Waals surface area (Å²) in [5, 5.41) is 11.2. The highest BCUT2D eigenvalue weighted by Gasteiger charge is 2.13. The van der Waals surface area contributed by atoms with Gasteiger partial charge in [-0.05, 0) is 25.6 Å². The van der Waals surface area contributed by atoms with Gasteiger partial charge in [0, 0.05) is 11.1 Å². The molecule has 0 fully saturated rings. The lowest BCUT2D eigenvalue weighted by atomic mass is 10.4. The van der Waals surface area contributed by atoms with Gasteiger partial charge in [0.15, 0.2) is 0 Å². The smallest absolute Gasteiger partial charge is 0.238 e. The lowest BCUT2D eigenvalue weighted by molar-refractivity contribution is 0.535. The maximum absolute atomic E-state index is 5.03. The van der Waals surface area contributed by atoms with Crippen molar-refractivity contribution in [2.45, 2.75) is 26.3 Å². The molecule has 5 nitrogen and oxygen atoms in total. The van der Waals surface area contributed by atoms with Crippen molar-refractivity contribution in [3.8, 4) is 0 Å². The minimum Gasteiger partial charge on any atom is -0.247 e.